The van der Waals surface area contributed by atoms with Crippen molar-refractivity contribution in [3.63, 3.8) is 0 Å². The van der Waals surface area contributed by atoms with Gasteiger partial charge < -0.3 is 9.84 Å². The van der Waals surface area contributed by atoms with Gasteiger partial charge in [-0.15, -0.1) is 0 Å². The van der Waals surface area contributed by atoms with E-state index in [0.29, 0.717) is 5.75 Å². The van der Waals surface area contributed by atoms with Crippen LogP contribution in [0.4, 0.5) is 0 Å². The number of carbonyl (C=O) groups is 1. The largest absolute Gasteiger partial charge is 0.490 e. The molecule has 0 aliphatic rings. The first-order valence-corrected chi connectivity index (χ1v) is 6.41. The SMILES string of the molecule is C[C@@H](CC(=O)O)Oc1ccc2cc(Br)ccc2c1. The van der Waals surface area contributed by atoms with E-state index in [2.05, 4.69) is 15.9 Å². The Morgan fingerprint density at radius 3 is 2.67 bits per heavy atom. The van der Waals surface area contributed by atoms with Gasteiger partial charge in [0.25, 0.3) is 0 Å². The summed E-state index contributed by atoms with van der Waals surface area (Å²) in [7, 11) is 0. The third kappa shape index (κ3) is 3.23. The summed E-state index contributed by atoms with van der Waals surface area (Å²) < 4.78 is 6.60. The highest BCUT2D eigenvalue weighted by Crippen LogP contribution is 2.24. The topological polar surface area (TPSA) is 46.5 Å². The van der Waals surface area contributed by atoms with Crippen LogP contribution in [0, 0.1) is 0 Å². The molecular weight excluding hydrogens is 296 g/mol. The Kier molecular flexibility index (Phi) is 3.87. The van der Waals surface area contributed by atoms with Crippen LogP contribution in [0.3, 0.4) is 0 Å². The van der Waals surface area contributed by atoms with Gasteiger partial charge in [0.15, 0.2) is 0 Å². The molecule has 1 N–H and O–H groups in total. The molecule has 94 valence electrons. The zero-order valence-electron chi connectivity index (χ0n) is 9.89. The smallest absolute Gasteiger partial charge is 0.307 e. The van der Waals surface area contributed by atoms with Crippen LogP contribution < -0.4 is 4.74 Å². The molecule has 4 heteroatoms. The fraction of sp³-hybridized carbons (Fsp3) is 0.214. The van der Waals surface area contributed by atoms with Crippen molar-refractivity contribution < 1.29 is 14.6 Å². The molecule has 0 aliphatic carbocycles. The second-order valence-corrected chi connectivity index (χ2v) is 5.10. The molecule has 2 aromatic carbocycles. The summed E-state index contributed by atoms with van der Waals surface area (Å²) in [5.74, 6) is -0.161. The summed E-state index contributed by atoms with van der Waals surface area (Å²) in [4.78, 5) is 10.6. The van der Waals surface area contributed by atoms with Gasteiger partial charge >= 0.3 is 5.97 Å². The van der Waals surface area contributed by atoms with Gasteiger partial charge in [0.2, 0.25) is 0 Å². The number of hydrogen-bond acceptors (Lipinski definition) is 2. The van der Waals surface area contributed by atoms with Gasteiger partial charge in [-0.3, -0.25) is 4.79 Å². The molecular formula is C14H13BrO3. The number of carboxylic acid groups (broad SMARTS) is 1. The first kappa shape index (κ1) is 12.9. The molecule has 0 unspecified atom stereocenters. The van der Waals surface area contributed by atoms with Gasteiger partial charge in [-0.25, -0.2) is 0 Å². The number of aliphatic carboxylic acids is 1. The predicted molar refractivity (Wildman–Crippen MR) is 74.0 cm³/mol. The highest BCUT2D eigenvalue weighted by atomic mass is 79.9. The minimum atomic E-state index is -0.854. The molecule has 0 amide bonds. The Hall–Kier alpha value is -1.55. The lowest BCUT2D eigenvalue weighted by Crippen LogP contribution is -2.16. The van der Waals surface area contributed by atoms with Crippen LogP contribution in [0.15, 0.2) is 40.9 Å². The van der Waals surface area contributed by atoms with Crippen molar-refractivity contribution in [3.8, 4) is 5.75 Å². The minimum Gasteiger partial charge on any atom is -0.490 e. The molecule has 1 atom stereocenters. The van der Waals surface area contributed by atoms with Crippen molar-refractivity contribution in [1.29, 1.82) is 0 Å². The van der Waals surface area contributed by atoms with Gasteiger partial charge in [-0.1, -0.05) is 28.1 Å². The Bertz CT molecular complexity index is 580. The molecule has 0 saturated carbocycles. The van der Waals surface area contributed by atoms with Crippen LogP contribution in [-0.2, 0) is 4.79 Å². The second-order valence-electron chi connectivity index (χ2n) is 4.18. The van der Waals surface area contributed by atoms with E-state index in [1.165, 1.54) is 0 Å². The molecule has 0 fully saturated rings. The summed E-state index contributed by atoms with van der Waals surface area (Å²) in [6, 6.07) is 11.7. The van der Waals surface area contributed by atoms with E-state index in [1.807, 2.05) is 36.4 Å². The number of carboxylic acids is 1. The quantitative estimate of drug-likeness (QED) is 0.933. The van der Waals surface area contributed by atoms with Gasteiger partial charge in [0.1, 0.15) is 11.9 Å². The van der Waals surface area contributed by atoms with Crippen LogP contribution in [0.2, 0.25) is 0 Å². The van der Waals surface area contributed by atoms with E-state index in [0.717, 1.165) is 15.2 Å². The minimum absolute atomic E-state index is 0.00161. The Labute approximate surface area is 114 Å². The summed E-state index contributed by atoms with van der Waals surface area (Å²) in [5, 5.41) is 10.9. The number of ether oxygens (including phenoxy) is 1. The fourth-order valence-corrected chi connectivity index (χ4v) is 2.17. The first-order chi connectivity index (χ1) is 8.54. The lowest BCUT2D eigenvalue weighted by Gasteiger charge is -2.13. The van der Waals surface area contributed by atoms with Crippen molar-refractivity contribution in [1.82, 2.24) is 0 Å². The number of benzene rings is 2. The van der Waals surface area contributed by atoms with Crippen molar-refractivity contribution >= 4 is 32.7 Å². The van der Waals surface area contributed by atoms with Crippen LogP contribution >= 0.6 is 15.9 Å². The number of hydrogen-bond donors (Lipinski definition) is 1. The third-order valence-corrected chi connectivity index (χ3v) is 3.07. The normalized spacial score (nSPS) is 12.3. The zero-order valence-corrected chi connectivity index (χ0v) is 11.5. The predicted octanol–water partition coefficient (Wildman–Crippen LogP) is 3.84. The monoisotopic (exact) mass is 308 g/mol. The highest BCUT2D eigenvalue weighted by Gasteiger charge is 2.09. The summed E-state index contributed by atoms with van der Waals surface area (Å²) >= 11 is 3.42. The summed E-state index contributed by atoms with van der Waals surface area (Å²) in [5.41, 5.74) is 0. The van der Waals surface area contributed by atoms with E-state index in [9.17, 15) is 4.79 Å². The summed E-state index contributed by atoms with van der Waals surface area (Å²) in [6.07, 6.45) is -0.339. The van der Waals surface area contributed by atoms with Gasteiger partial charge in [-0.05, 0) is 42.0 Å². The molecule has 18 heavy (non-hydrogen) atoms. The number of halogens is 1. The van der Waals surface area contributed by atoms with Gasteiger partial charge in [-0.2, -0.15) is 0 Å². The van der Waals surface area contributed by atoms with Gasteiger partial charge in [0.05, 0.1) is 6.42 Å². The average Bonchev–Trinajstić information content (AvgIpc) is 2.28. The molecule has 2 aromatic rings. The van der Waals surface area contributed by atoms with E-state index in [4.69, 9.17) is 9.84 Å². The first-order valence-electron chi connectivity index (χ1n) is 5.62. The van der Waals surface area contributed by atoms with Crippen molar-refractivity contribution in [3.05, 3.63) is 40.9 Å². The van der Waals surface area contributed by atoms with E-state index in [1.54, 1.807) is 6.92 Å². The van der Waals surface area contributed by atoms with Crippen molar-refractivity contribution in [2.24, 2.45) is 0 Å². The number of fused-ring (bicyclic) bond motifs is 1. The fourth-order valence-electron chi connectivity index (χ4n) is 1.79. The summed E-state index contributed by atoms with van der Waals surface area (Å²) in [6.45, 7) is 1.75. The molecule has 0 aliphatic heterocycles. The maximum atomic E-state index is 10.6. The molecule has 3 nitrogen and oxygen atoms in total. The van der Waals surface area contributed by atoms with Crippen LogP contribution in [0.5, 0.6) is 5.75 Å². The van der Waals surface area contributed by atoms with Gasteiger partial charge in [0, 0.05) is 4.47 Å². The molecule has 0 bridgehead atoms. The standard InChI is InChI=1S/C14H13BrO3/c1-9(6-14(16)17)18-13-5-3-10-7-12(15)4-2-11(10)8-13/h2-5,7-9H,6H2,1H3,(H,16,17)/t9-/m0/s1. The van der Waals surface area contributed by atoms with E-state index < -0.39 is 5.97 Å². The highest BCUT2D eigenvalue weighted by molar-refractivity contribution is 9.10. The molecule has 0 spiro atoms. The lowest BCUT2D eigenvalue weighted by molar-refractivity contribution is -0.138. The maximum Gasteiger partial charge on any atom is 0.307 e. The van der Waals surface area contributed by atoms with Crippen molar-refractivity contribution in [2.75, 3.05) is 0 Å². The van der Waals surface area contributed by atoms with E-state index >= 15 is 0 Å². The molecule has 0 aromatic heterocycles. The van der Waals surface area contributed by atoms with Crippen LogP contribution in [-0.4, -0.2) is 17.2 Å². The molecule has 0 radical (unpaired) electrons. The number of rotatable bonds is 4. The van der Waals surface area contributed by atoms with Crippen LogP contribution in [0.1, 0.15) is 13.3 Å². The Morgan fingerprint density at radius 2 is 1.94 bits per heavy atom. The van der Waals surface area contributed by atoms with Crippen molar-refractivity contribution in [2.45, 2.75) is 19.4 Å². The molecule has 2 rings (SSSR count). The van der Waals surface area contributed by atoms with Crippen LogP contribution in [0.25, 0.3) is 10.8 Å². The zero-order chi connectivity index (χ0) is 13.1. The Balaban J connectivity index is 2.20. The molecule has 0 heterocycles. The third-order valence-electron chi connectivity index (χ3n) is 2.57. The lowest BCUT2D eigenvalue weighted by atomic mass is 10.1. The van der Waals surface area contributed by atoms with E-state index in [-0.39, 0.29) is 12.5 Å². The average molecular weight is 309 g/mol. The second kappa shape index (κ2) is 5.40. The molecule has 0 saturated heterocycles. The Morgan fingerprint density at radius 1 is 1.28 bits per heavy atom. The maximum absolute atomic E-state index is 10.6.